The number of anilines is 1. The lowest BCUT2D eigenvalue weighted by molar-refractivity contribution is -0.116. The third kappa shape index (κ3) is 4.52. The molecule has 0 aliphatic carbocycles. The van der Waals surface area contributed by atoms with E-state index in [2.05, 4.69) is 10.3 Å². The number of thiophene rings is 1. The summed E-state index contributed by atoms with van der Waals surface area (Å²) in [6, 6.07) is 12.5. The number of aryl methyl sites for hydroxylation is 2. The maximum atomic E-state index is 13.2. The average Bonchev–Trinajstić information content (AvgIpc) is 3.22. The van der Waals surface area contributed by atoms with E-state index in [0.29, 0.717) is 21.5 Å². The second-order valence-corrected chi connectivity index (χ2v) is 11.2. The van der Waals surface area contributed by atoms with Crippen LogP contribution >= 0.6 is 11.3 Å². The first kappa shape index (κ1) is 23.8. The first-order valence-electron chi connectivity index (χ1n) is 10.4. The van der Waals surface area contributed by atoms with Crippen molar-refractivity contribution in [2.45, 2.75) is 25.3 Å². The molecule has 0 spiro atoms. The number of hydrogen-bond donors (Lipinski definition) is 1. The van der Waals surface area contributed by atoms with Crippen LogP contribution in [0, 0.1) is 13.8 Å². The summed E-state index contributed by atoms with van der Waals surface area (Å²) < 4.78 is 27.5. The molecule has 2 aromatic carbocycles. The molecule has 34 heavy (non-hydrogen) atoms. The molecule has 0 aliphatic heterocycles. The van der Waals surface area contributed by atoms with Crippen molar-refractivity contribution in [3.8, 4) is 11.1 Å². The Kier molecular flexibility index (Phi) is 6.39. The molecule has 0 saturated carbocycles. The van der Waals surface area contributed by atoms with E-state index < -0.39 is 15.9 Å². The van der Waals surface area contributed by atoms with Crippen LogP contribution < -0.4 is 10.9 Å². The van der Waals surface area contributed by atoms with Crippen molar-refractivity contribution in [1.82, 2.24) is 13.9 Å². The van der Waals surface area contributed by atoms with Crippen LogP contribution in [0.15, 0.2) is 63.9 Å². The average molecular weight is 497 g/mol. The smallest absolute Gasteiger partial charge is 0.263 e. The molecule has 0 unspecified atom stereocenters. The van der Waals surface area contributed by atoms with Gasteiger partial charge in [0.15, 0.2) is 0 Å². The maximum Gasteiger partial charge on any atom is 0.263 e. The fourth-order valence-corrected chi connectivity index (χ4v) is 5.58. The van der Waals surface area contributed by atoms with Gasteiger partial charge in [0, 0.05) is 30.7 Å². The molecule has 176 valence electrons. The Morgan fingerprint density at radius 3 is 2.50 bits per heavy atom. The van der Waals surface area contributed by atoms with Gasteiger partial charge in [0.25, 0.3) is 5.56 Å². The first-order valence-corrected chi connectivity index (χ1v) is 12.8. The van der Waals surface area contributed by atoms with Crippen LogP contribution in [-0.4, -0.2) is 42.3 Å². The maximum absolute atomic E-state index is 13.2. The van der Waals surface area contributed by atoms with Gasteiger partial charge in [-0.1, -0.05) is 35.9 Å². The summed E-state index contributed by atoms with van der Waals surface area (Å²) in [4.78, 5) is 31.0. The molecule has 1 N–H and O–H groups in total. The second kappa shape index (κ2) is 9.13. The van der Waals surface area contributed by atoms with Gasteiger partial charge in [0.05, 0.1) is 16.6 Å². The lowest BCUT2D eigenvalue weighted by atomic mass is 10.1. The Hall–Kier alpha value is -3.34. The predicted molar refractivity (Wildman–Crippen MR) is 135 cm³/mol. The molecule has 1 amide bonds. The lowest BCUT2D eigenvalue weighted by Gasteiger charge is -2.15. The molecular weight excluding hydrogens is 472 g/mol. The number of nitrogens with zero attached hydrogens (tertiary/aromatic N) is 3. The van der Waals surface area contributed by atoms with Crippen molar-refractivity contribution in [1.29, 1.82) is 0 Å². The summed E-state index contributed by atoms with van der Waals surface area (Å²) in [5.74, 6) is -0.465. The fraction of sp³-hybridized carbons (Fsp3) is 0.208. The van der Waals surface area contributed by atoms with Gasteiger partial charge in [0.2, 0.25) is 15.9 Å². The van der Waals surface area contributed by atoms with Gasteiger partial charge in [-0.3, -0.25) is 14.2 Å². The highest BCUT2D eigenvalue weighted by molar-refractivity contribution is 7.89. The largest absolute Gasteiger partial charge is 0.324 e. The number of hydrogen-bond acceptors (Lipinski definition) is 6. The molecule has 2 heterocycles. The zero-order valence-electron chi connectivity index (χ0n) is 19.2. The van der Waals surface area contributed by atoms with Crippen LogP contribution in [0.5, 0.6) is 0 Å². The van der Waals surface area contributed by atoms with Crippen molar-refractivity contribution in [2.75, 3.05) is 19.4 Å². The number of sulfonamides is 1. The van der Waals surface area contributed by atoms with E-state index in [4.69, 9.17) is 0 Å². The molecule has 0 radical (unpaired) electrons. The van der Waals surface area contributed by atoms with Crippen molar-refractivity contribution >= 4 is 43.2 Å². The molecule has 4 rings (SSSR count). The summed E-state index contributed by atoms with van der Waals surface area (Å²) in [7, 11) is -0.767. The summed E-state index contributed by atoms with van der Waals surface area (Å²) in [6.45, 7) is 3.43. The molecule has 8 nitrogen and oxygen atoms in total. The minimum Gasteiger partial charge on any atom is -0.324 e. The number of fused-ring (bicyclic) bond motifs is 1. The van der Waals surface area contributed by atoms with Crippen molar-refractivity contribution in [2.24, 2.45) is 0 Å². The minimum absolute atomic E-state index is 0.108. The molecule has 0 aliphatic rings. The SMILES string of the molecule is Cc1ccc(-c2csc3ncn(CC(=O)Nc4ccc(C)c(S(=O)(=O)N(C)C)c4)c(=O)c23)cc1. The molecule has 10 heteroatoms. The fourth-order valence-electron chi connectivity index (χ4n) is 3.53. The van der Waals surface area contributed by atoms with E-state index in [0.717, 1.165) is 21.0 Å². The highest BCUT2D eigenvalue weighted by Gasteiger charge is 2.21. The standard InChI is InChI=1S/C24H24N4O4S2/c1-15-5-8-17(9-6-15)19-13-33-23-22(19)24(30)28(14-25-23)12-21(29)26-18-10-7-16(2)20(11-18)34(31,32)27(3)4/h5-11,13-14H,12H2,1-4H3,(H,26,29). The number of nitrogens with one attached hydrogen (secondary N) is 1. The molecule has 0 atom stereocenters. The Morgan fingerprint density at radius 2 is 1.82 bits per heavy atom. The minimum atomic E-state index is -3.67. The summed E-state index contributed by atoms with van der Waals surface area (Å²) in [6.07, 6.45) is 1.36. The normalized spacial score (nSPS) is 11.8. The van der Waals surface area contributed by atoms with Gasteiger partial charge in [-0.05, 0) is 37.1 Å². The topological polar surface area (TPSA) is 101 Å². The van der Waals surface area contributed by atoms with E-state index in [9.17, 15) is 18.0 Å². The van der Waals surface area contributed by atoms with Gasteiger partial charge in [-0.2, -0.15) is 0 Å². The van der Waals surface area contributed by atoms with Gasteiger partial charge in [-0.15, -0.1) is 11.3 Å². The van der Waals surface area contributed by atoms with E-state index in [1.165, 1.54) is 42.4 Å². The third-order valence-corrected chi connectivity index (χ3v) is 8.31. The molecule has 4 aromatic rings. The third-order valence-electron chi connectivity index (χ3n) is 5.47. The van der Waals surface area contributed by atoms with Crippen molar-refractivity contribution < 1.29 is 13.2 Å². The lowest BCUT2D eigenvalue weighted by Crippen LogP contribution is -2.28. The van der Waals surface area contributed by atoms with Gasteiger partial charge < -0.3 is 5.32 Å². The number of amides is 1. The quantitative estimate of drug-likeness (QED) is 0.439. The molecule has 0 fully saturated rings. The Labute approximate surface area is 201 Å². The number of aromatic nitrogens is 2. The van der Waals surface area contributed by atoms with Crippen LogP contribution in [0.4, 0.5) is 5.69 Å². The van der Waals surface area contributed by atoms with Crippen LogP contribution in [-0.2, 0) is 21.4 Å². The Balaban J connectivity index is 1.62. The highest BCUT2D eigenvalue weighted by Crippen LogP contribution is 2.30. The van der Waals surface area contributed by atoms with Crippen molar-refractivity contribution in [3.63, 3.8) is 0 Å². The van der Waals surface area contributed by atoms with Gasteiger partial charge in [0.1, 0.15) is 11.4 Å². The number of carbonyl (C=O) groups excluding carboxylic acids is 1. The molecule has 0 bridgehead atoms. The predicted octanol–water partition coefficient (Wildman–Crippen LogP) is 3.63. The number of carbonyl (C=O) groups is 1. The van der Waals surface area contributed by atoms with E-state index in [1.807, 2.05) is 36.6 Å². The second-order valence-electron chi connectivity index (χ2n) is 8.19. The van der Waals surface area contributed by atoms with E-state index in [1.54, 1.807) is 19.1 Å². The van der Waals surface area contributed by atoms with Crippen LogP contribution in [0.3, 0.4) is 0 Å². The van der Waals surface area contributed by atoms with E-state index in [-0.39, 0.29) is 17.0 Å². The zero-order valence-corrected chi connectivity index (χ0v) is 20.8. The van der Waals surface area contributed by atoms with Crippen LogP contribution in [0.1, 0.15) is 11.1 Å². The number of benzene rings is 2. The Bertz CT molecular complexity index is 1550. The highest BCUT2D eigenvalue weighted by atomic mass is 32.2. The van der Waals surface area contributed by atoms with Gasteiger partial charge in [-0.25, -0.2) is 17.7 Å². The van der Waals surface area contributed by atoms with E-state index >= 15 is 0 Å². The van der Waals surface area contributed by atoms with Crippen LogP contribution in [0.2, 0.25) is 0 Å². The molecular formula is C24H24N4O4S2. The van der Waals surface area contributed by atoms with Crippen LogP contribution in [0.25, 0.3) is 21.3 Å². The van der Waals surface area contributed by atoms with Crippen molar-refractivity contribution in [3.05, 3.63) is 75.7 Å². The first-order chi connectivity index (χ1) is 16.1. The number of rotatable bonds is 6. The van der Waals surface area contributed by atoms with Gasteiger partial charge >= 0.3 is 0 Å². The summed E-state index contributed by atoms with van der Waals surface area (Å²) in [5.41, 5.74) is 3.40. The zero-order chi connectivity index (χ0) is 24.6. The summed E-state index contributed by atoms with van der Waals surface area (Å²) >= 11 is 1.38. The summed E-state index contributed by atoms with van der Waals surface area (Å²) in [5, 5.41) is 5.05. The molecule has 0 saturated heterocycles. The monoisotopic (exact) mass is 496 g/mol. The molecule has 2 aromatic heterocycles. The Morgan fingerprint density at radius 1 is 1.12 bits per heavy atom.